The fraction of sp³-hybridized carbons (Fsp3) is 0.577. The highest BCUT2D eigenvalue weighted by atomic mass is 16.5. The first-order valence-electron chi connectivity index (χ1n) is 12.1. The Balaban J connectivity index is 1.23. The van der Waals surface area contributed by atoms with Gasteiger partial charge >= 0.3 is 12.1 Å². The minimum absolute atomic E-state index is 0.0843. The van der Waals surface area contributed by atoms with E-state index >= 15 is 0 Å². The zero-order valence-electron chi connectivity index (χ0n) is 19.8. The lowest BCUT2D eigenvalue weighted by atomic mass is 9.76. The molecule has 3 unspecified atom stereocenters. The van der Waals surface area contributed by atoms with Crippen molar-refractivity contribution in [2.24, 2.45) is 11.8 Å². The average molecular weight is 469 g/mol. The van der Waals surface area contributed by atoms with Gasteiger partial charge in [-0.2, -0.15) is 0 Å². The van der Waals surface area contributed by atoms with E-state index < -0.39 is 17.7 Å². The average Bonchev–Trinajstić information content (AvgIpc) is 3.32. The van der Waals surface area contributed by atoms with Gasteiger partial charge in [0.1, 0.15) is 6.61 Å². The van der Waals surface area contributed by atoms with Gasteiger partial charge in [0.15, 0.2) is 5.76 Å². The number of carboxylic acid groups (broad SMARTS) is 1. The molecule has 0 bridgehead atoms. The number of fused-ring (bicyclic) bond motifs is 1. The Kier molecular flexibility index (Phi) is 5.88. The summed E-state index contributed by atoms with van der Waals surface area (Å²) in [7, 11) is 0. The Morgan fingerprint density at radius 3 is 2.65 bits per heavy atom. The molecule has 0 radical (unpaired) electrons. The van der Waals surface area contributed by atoms with E-state index in [1.165, 1.54) is 19.3 Å². The van der Waals surface area contributed by atoms with Crippen LogP contribution < -0.4 is 5.32 Å². The van der Waals surface area contributed by atoms with Crippen molar-refractivity contribution in [3.63, 3.8) is 0 Å². The molecule has 2 aliphatic carbocycles. The minimum Gasteiger partial charge on any atom is -0.481 e. The number of nitrogens with one attached hydrogen (secondary N) is 1. The third-order valence-corrected chi connectivity index (χ3v) is 7.94. The number of carbonyl (C=O) groups excluding carboxylic acids is 1. The van der Waals surface area contributed by atoms with Gasteiger partial charge in [-0.1, -0.05) is 42.8 Å². The van der Waals surface area contributed by atoms with Gasteiger partial charge < -0.3 is 24.4 Å². The molecule has 5 rings (SSSR count). The van der Waals surface area contributed by atoms with Crippen molar-refractivity contribution in [2.45, 2.75) is 70.0 Å². The number of aliphatic carboxylic acids is 1. The normalized spacial score (nSPS) is 28.0. The van der Waals surface area contributed by atoms with Crippen LogP contribution in [0.15, 0.2) is 28.8 Å². The van der Waals surface area contributed by atoms with Gasteiger partial charge in [0.25, 0.3) is 0 Å². The third kappa shape index (κ3) is 4.43. The zero-order valence-corrected chi connectivity index (χ0v) is 19.8. The summed E-state index contributed by atoms with van der Waals surface area (Å²) in [6.45, 7) is 5.28. The molecule has 8 nitrogen and oxygen atoms in total. The predicted octanol–water partition coefficient (Wildman–Crippen LogP) is 4.59. The molecular formula is C26H32N2O6. The Labute approximate surface area is 199 Å². The smallest absolute Gasteiger partial charge is 0.407 e. The lowest BCUT2D eigenvalue weighted by Crippen LogP contribution is -2.39. The van der Waals surface area contributed by atoms with Crippen LogP contribution in [0.5, 0.6) is 0 Å². The van der Waals surface area contributed by atoms with Gasteiger partial charge in [0.05, 0.1) is 29.9 Å². The number of benzene rings is 1. The lowest BCUT2D eigenvalue weighted by molar-refractivity contribution is -0.143. The van der Waals surface area contributed by atoms with Crippen molar-refractivity contribution < 1.29 is 28.7 Å². The molecule has 3 atom stereocenters. The Hall–Kier alpha value is -2.87. The standard InChI is InChI=1S/C26H32N2O6/c1-16-21(14-32-24(31)27-13-17-4-3-5-17)23(34-28-16)18-6-8-19(9-7-18)25(2)10-20-11-26(20,33-15-25)12-22(29)30/h6-9,17,20H,3-5,10-15H2,1-2H3,(H,27,31)(H,29,30). The summed E-state index contributed by atoms with van der Waals surface area (Å²) in [5.74, 6) is 0.666. The molecule has 2 aromatic rings. The molecule has 182 valence electrons. The number of aryl methyl sites for hydroxylation is 1. The number of ether oxygens (including phenoxy) is 2. The molecule has 1 aliphatic heterocycles. The van der Waals surface area contributed by atoms with Crippen molar-refractivity contribution >= 4 is 12.1 Å². The van der Waals surface area contributed by atoms with Crippen LogP contribution in [0, 0.1) is 18.8 Å². The van der Waals surface area contributed by atoms with Gasteiger partial charge in [-0.3, -0.25) is 4.79 Å². The molecule has 3 fully saturated rings. The summed E-state index contributed by atoms with van der Waals surface area (Å²) in [5.41, 5.74) is 2.85. The maximum Gasteiger partial charge on any atom is 0.407 e. The van der Waals surface area contributed by atoms with Crippen LogP contribution in [-0.4, -0.2) is 41.1 Å². The molecule has 3 aliphatic rings. The summed E-state index contributed by atoms with van der Waals surface area (Å²) in [6.07, 6.45) is 4.97. The summed E-state index contributed by atoms with van der Waals surface area (Å²) in [4.78, 5) is 23.2. The number of carbonyl (C=O) groups is 2. The van der Waals surface area contributed by atoms with Crippen LogP contribution in [0.3, 0.4) is 0 Å². The van der Waals surface area contributed by atoms with E-state index in [2.05, 4.69) is 29.5 Å². The molecule has 8 heteroatoms. The first-order valence-corrected chi connectivity index (χ1v) is 12.1. The van der Waals surface area contributed by atoms with Crippen LogP contribution in [-0.2, 0) is 26.3 Å². The largest absolute Gasteiger partial charge is 0.481 e. The number of rotatable bonds is 8. The number of alkyl carbamates (subject to hydrolysis) is 1. The Morgan fingerprint density at radius 1 is 1.24 bits per heavy atom. The Bertz CT molecular complexity index is 1080. The molecule has 1 aromatic carbocycles. The van der Waals surface area contributed by atoms with Crippen LogP contribution >= 0.6 is 0 Å². The highest BCUT2D eigenvalue weighted by Gasteiger charge is 2.62. The molecule has 2 saturated carbocycles. The minimum atomic E-state index is -0.798. The molecule has 0 spiro atoms. The number of hydrogen-bond donors (Lipinski definition) is 2. The molecular weight excluding hydrogens is 436 g/mol. The second-order valence-corrected chi connectivity index (χ2v) is 10.5. The number of carboxylic acids is 1. The van der Waals surface area contributed by atoms with E-state index in [1.54, 1.807) is 0 Å². The quantitative estimate of drug-likeness (QED) is 0.583. The number of hydrogen-bond acceptors (Lipinski definition) is 6. The van der Waals surface area contributed by atoms with Crippen LogP contribution in [0.2, 0.25) is 0 Å². The van der Waals surface area contributed by atoms with Gasteiger partial charge in [0, 0.05) is 17.5 Å². The molecule has 2 N–H and O–H groups in total. The summed E-state index contributed by atoms with van der Waals surface area (Å²) >= 11 is 0. The van der Waals surface area contributed by atoms with Crippen molar-refractivity contribution in [1.29, 1.82) is 0 Å². The first-order chi connectivity index (χ1) is 16.3. The van der Waals surface area contributed by atoms with E-state index in [9.17, 15) is 14.7 Å². The highest BCUT2D eigenvalue weighted by molar-refractivity contribution is 5.69. The second-order valence-electron chi connectivity index (χ2n) is 10.5. The van der Waals surface area contributed by atoms with Crippen molar-refractivity contribution in [2.75, 3.05) is 13.2 Å². The van der Waals surface area contributed by atoms with E-state index in [1.807, 2.05) is 19.1 Å². The maximum atomic E-state index is 12.1. The van der Waals surface area contributed by atoms with Crippen LogP contribution in [0.25, 0.3) is 11.3 Å². The van der Waals surface area contributed by atoms with E-state index in [4.69, 9.17) is 14.0 Å². The molecule has 1 amide bonds. The number of aromatic nitrogens is 1. The zero-order chi connectivity index (χ0) is 23.9. The van der Waals surface area contributed by atoms with E-state index in [0.29, 0.717) is 30.5 Å². The summed E-state index contributed by atoms with van der Waals surface area (Å²) in [6, 6.07) is 8.12. The highest BCUT2D eigenvalue weighted by Crippen LogP contribution is 2.59. The molecule has 1 aromatic heterocycles. The lowest BCUT2D eigenvalue weighted by Gasteiger charge is -2.37. The Morgan fingerprint density at radius 2 is 2.00 bits per heavy atom. The predicted molar refractivity (Wildman–Crippen MR) is 123 cm³/mol. The third-order valence-electron chi connectivity index (χ3n) is 7.94. The van der Waals surface area contributed by atoms with E-state index in [-0.39, 0.29) is 24.4 Å². The molecule has 1 saturated heterocycles. The van der Waals surface area contributed by atoms with Crippen molar-refractivity contribution in [1.82, 2.24) is 10.5 Å². The second kappa shape index (κ2) is 8.73. The van der Waals surface area contributed by atoms with Gasteiger partial charge in [0.2, 0.25) is 0 Å². The number of amides is 1. The molecule has 2 heterocycles. The van der Waals surface area contributed by atoms with Crippen molar-refractivity contribution in [3.8, 4) is 11.3 Å². The van der Waals surface area contributed by atoms with E-state index in [0.717, 1.165) is 29.5 Å². The summed E-state index contributed by atoms with van der Waals surface area (Å²) < 4.78 is 17.1. The van der Waals surface area contributed by atoms with Crippen LogP contribution in [0.4, 0.5) is 4.79 Å². The van der Waals surface area contributed by atoms with Crippen LogP contribution in [0.1, 0.15) is 62.3 Å². The monoisotopic (exact) mass is 468 g/mol. The summed E-state index contributed by atoms with van der Waals surface area (Å²) in [5, 5.41) is 16.1. The van der Waals surface area contributed by atoms with Gasteiger partial charge in [-0.25, -0.2) is 4.79 Å². The number of nitrogens with zero attached hydrogens (tertiary/aromatic N) is 1. The maximum absolute atomic E-state index is 12.1. The van der Waals surface area contributed by atoms with Crippen molar-refractivity contribution in [3.05, 3.63) is 41.1 Å². The fourth-order valence-corrected chi connectivity index (χ4v) is 5.35. The fourth-order valence-electron chi connectivity index (χ4n) is 5.35. The first kappa shape index (κ1) is 22.9. The van der Waals surface area contributed by atoms with Gasteiger partial charge in [-0.15, -0.1) is 0 Å². The topological polar surface area (TPSA) is 111 Å². The molecule has 34 heavy (non-hydrogen) atoms. The SMILES string of the molecule is Cc1noc(-c2ccc(C3(C)COC4(CC(=O)O)CC4C3)cc2)c1COC(=O)NCC1CCC1. The van der Waals surface area contributed by atoms with Gasteiger partial charge in [-0.05, 0) is 50.0 Å².